The van der Waals surface area contributed by atoms with Gasteiger partial charge in [-0.3, -0.25) is 0 Å². The first-order valence-corrected chi connectivity index (χ1v) is 6.32. The molecule has 0 spiro atoms. The largest absolute Gasteiger partial charge is 0.207 e. The summed E-state index contributed by atoms with van der Waals surface area (Å²) in [6.07, 6.45) is 0.503. The zero-order valence-corrected chi connectivity index (χ0v) is 10.9. The summed E-state index contributed by atoms with van der Waals surface area (Å²) >= 11 is 3.30. The van der Waals surface area contributed by atoms with Gasteiger partial charge in [0.25, 0.3) is 0 Å². The molecular formula is C14H10BrF3. The van der Waals surface area contributed by atoms with Crippen LogP contribution in [0.15, 0.2) is 42.5 Å². The van der Waals surface area contributed by atoms with Crippen molar-refractivity contribution in [2.24, 2.45) is 0 Å². The van der Waals surface area contributed by atoms with Crippen LogP contribution in [0.25, 0.3) is 0 Å². The van der Waals surface area contributed by atoms with E-state index in [1.807, 2.05) is 30.3 Å². The molecule has 2 aromatic carbocycles. The number of benzene rings is 2. The Morgan fingerprint density at radius 1 is 0.889 bits per heavy atom. The lowest BCUT2D eigenvalue weighted by molar-refractivity contribution is 0.489. The zero-order valence-electron chi connectivity index (χ0n) is 9.34. The molecule has 0 N–H and O–H groups in total. The standard InChI is InChI=1S/C14H10BrF3/c15-11(6-9-4-2-1-3-5-9)10-7-13(17)14(18)8-12(10)16/h1-5,7-8,11H,6H2. The minimum Gasteiger partial charge on any atom is -0.207 e. The summed E-state index contributed by atoms with van der Waals surface area (Å²) in [6.45, 7) is 0. The summed E-state index contributed by atoms with van der Waals surface area (Å²) in [7, 11) is 0. The molecule has 18 heavy (non-hydrogen) atoms. The molecule has 0 fully saturated rings. The van der Waals surface area contributed by atoms with Crippen LogP contribution >= 0.6 is 15.9 Å². The lowest BCUT2D eigenvalue weighted by atomic mass is 10.0. The molecule has 0 aromatic heterocycles. The monoisotopic (exact) mass is 314 g/mol. The van der Waals surface area contributed by atoms with Crippen molar-refractivity contribution in [1.29, 1.82) is 0 Å². The van der Waals surface area contributed by atoms with Gasteiger partial charge in [0.2, 0.25) is 0 Å². The van der Waals surface area contributed by atoms with Crippen molar-refractivity contribution in [3.63, 3.8) is 0 Å². The van der Waals surface area contributed by atoms with Crippen molar-refractivity contribution in [2.75, 3.05) is 0 Å². The van der Waals surface area contributed by atoms with Crippen molar-refractivity contribution in [1.82, 2.24) is 0 Å². The molecule has 1 atom stereocenters. The highest BCUT2D eigenvalue weighted by molar-refractivity contribution is 9.09. The van der Waals surface area contributed by atoms with Gasteiger partial charge >= 0.3 is 0 Å². The van der Waals surface area contributed by atoms with Crippen molar-refractivity contribution in [3.05, 3.63) is 71.0 Å². The molecule has 0 saturated heterocycles. The molecule has 0 nitrogen and oxygen atoms in total. The second kappa shape index (κ2) is 5.57. The predicted molar refractivity (Wildman–Crippen MR) is 68.1 cm³/mol. The van der Waals surface area contributed by atoms with Gasteiger partial charge in [0.15, 0.2) is 11.6 Å². The summed E-state index contributed by atoms with van der Waals surface area (Å²) < 4.78 is 39.5. The summed E-state index contributed by atoms with van der Waals surface area (Å²) in [6, 6.07) is 10.9. The lowest BCUT2D eigenvalue weighted by Gasteiger charge is -2.11. The smallest absolute Gasteiger partial charge is 0.161 e. The van der Waals surface area contributed by atoms with Crippen LogP contribution in [0.1, 0.15) is 16.0 Å². The number of hydrogen-bond donors (Lipinski definition) is 0. The number of alkyl halides is 1. The Hall–Kier alpha value is -1.29. The molecular weight excluding hydrogens is 305 g/mol. The van der Waals surface area contributed by atoms with E-state index >= 15 is 0 Å². The van der Waals surface area contributed by atoms with Crippen LogP contribution in [0.4, 0.5) is 13.2 Å². The second-order valence-electron chi connectivity index (χ2n) is 3.95. The Kier molecular flexibility index (Phi) is 4.07. The van der Waals surface area contributed by atoms with Gasteiger partial charge in [-0.05, 0) is 18.1 Å². The van der Waals surface area contributed by atoms with Crippen LogP contribution in [-0.4, -0.2) is 0 Å². The summed E-state index contributed by atoms with van der Waals surface area (Å²) in [5.74, 6) is -2.95. The number of halogens is 4. The average molecular weight is 315 g/mol. The Bertz CT molecular complexity index is 540. The highest BCUT2D eigenvalue weighted by Crippen LogP contribution is 2.30. The Labute approximate surface area is 112 Å². The third-order valence-corrected chi connectivity index (χ3v) is 3.45. The second-order valence-corrected chi connectivity index (χ2v) is 5.05. The topological polar surface area (TPSA) is 0 Å². The number of hydrogen-bond acceptors (Lipinski definition) is 0. The van der Waals surface area contributed by atoms with Crippen molar-refractivity contribution in [3.8, 4) is 0 Å². The van der Waals surface area contributed by atoms with Gasteiger partial charge < -0.3 is 0 Å². The fraction of sp³-hybridized carbons (Fsp3) is 0.143. The molecule has 2 rings (SSSR count). The normalized spacial score (nSPS) is 12.4. The summed E-state index contributed by atoms with van der Waals surface area (Å²) in [4.78, 5) is -0.394. The van der Waals surface area contributed by atoms with E-state index in [2.05, 4.69) is 15.9 Å². The highest BCUT2D eigenvalue weighted by atomic mass is 79.9. The molecule has 2 aromatic rings. The fourth-order valence-electron chi connectivity index (χ4n) is 1.71. The summed E-state index contributed by atoms with van der Waals surface area (Å²) in [5.41, 5.74) is 1.11. The molecule has 94 valence electrons. The van der Waals surface area contributed by atoms with Gasteiger partial charge in [0.05, 0.1) is 0 Å². The van der Waals surface area contributed by atoms with Gasteiger partial charge in [-0.2, -0.15) is 0 Å². The van der Waals surface area contributed by atoms with Gasteiger partial charge in [0, 0.05) is 16.5 Å². The molecule has 0 heterocycles. The fourth-order valence-corrected chi connectivity index (χ4v) is 2.43. The highest BCUT2D eigenvalue weighted by Gasteiger charge is 2.16. The van der Waals surface area contributed by atoms with E-state index in [1.165, 1.54) is 0 Å². The molecule has 0 saturated carbocycles. The molecule has 0 bridgehead atoms. The Balaban J connectivity index is 2.24. The molecule has 1 unspecified atom stereocenters. The third-order valence-electron chi connectivity index (χ3n) is 2.63. The van der Waals surface area contributed by atoms with Crippen LogP contribution in [0.5, 0.6) is 0 Å². The maximum absolute atomic E-state index is 13.5. The minimum absolute atomic E-state index is 0.123. The maximum atomic E-state index is 13.5. The first-order valence-electron chi connectivity index (χ1n) is 5.40. The number of rotatable bonds is 3. The van der Waals surface area contributed by atoms with E-state index in [1.54, 1.807) is 0 Å². The van der Waals surface area contributed by atoms with Gasteiger partial charge in [-0.1, -0.05) is 46.3 Å². The molecule has 0 radical (unpaired) electrons. The van der Waals surface area contributed by atoms with Crippen molar-refractivity contribution >= 4 is 15.9 Å². The SMILES string of the molecule is Fc1cc(F)c(C(Br)Cc2ccccc2)cc1F. The first-order chi connectivity index (χ1) is 8.58. The van der Waals surface area contributed by atoms with E-state index in [0.717, 1.165) is 11.6 Å². The van der Waals surface area contributed by atoms with E-state index < -0.39 is 22.3 Å². The molecule has 0 aliphatic heterocycles. The van der Waals surface area contributed by atoms with Crippen LogP contribution < -0.4 is 0 Å². The van der Waals surface area contributed by atoms with E-state index in [4.69, 9.17) is 0 Å². The maximum Gasteiger partial charge on any atom is 0.161 e. The van der Waals surface area contributed by atoms with Crippen LogP contribution in [0.3, 0.4) is 0 Å². The molecule has 0 aliphatic rings. The Morgan fingerprint density at radius 2 is 1.50 bits per heavy atom. The molecule has 0 aliphatic carbocycles. The zero-order chi connectivity index (χ0) is 13.1. The van der Waals surface area contributed by atoms with E-state index in [0.29, 0.717) is 12.5 Å². The van der Waals surface area contributed by atoms with E-state index in [9.17, 15) is 13.2 Å². The van der Waals surface area contributed by atoms with Crippen LogP contribution in [-0.2, 0) is 6.42 Å². The van der Waals surface area contributed by atoms with Gasteiger partial charge in [-0.15, -0.1) is 0 Å². The van der Waals surface area contributed by atoms with E-state index in [-0.39, 0.29) is 5.56 Å². The Morgan fingerprint density at radius 3 is 2.17 bits per heavy atom. The summed E-state index contributed by atoms with van der Waals surface area (Å²) in [5, 5.41) is 0. The third kappa shape index (κ3) is 2.93. The lowest BCUT2D eigenvalue weighted by Crippen LogP contribution is -2.01. The van der Waals surface area contributed by atoms with Gasteiger partial charge in [-0.25, -0.2) is 13.2 Å². The molecule has 0 amide bonds. The predicted octanol–water partition coefficient (Wildman–Crippen LogP) is 4.78. The van der Waals surface area contributed by atoms with Crippen LogP contribution in [0, 0.1) is 17.5 Å². The quantitative estimate of drug-likeness (QED) is 0.565. The van der Waals surface area contributed by atoms with Crippen LogP contribution in [0.2, 0.25) is 0 Å². The average Bonchev–Trinajstić information content (AvgIpc) is 2.35. The van der Waals surface area contributed by atoms with Crippen molar-refractivity contribution in [2.45, 2.75) is 11.2 Å². The molecule has 4 heteroatoms. The van der Waals surface area contributed by atoms with Gasteiger partial charge in [0.1, 0.15) is 5.82 Å². The van der Waals surface area contributed by atoms with Crippen molar-refractivity contribution < 1.29 is 13.2 Å². The minimum atomic E-state index is -1.17. The first kappa shape index (κ1) is 13.1.